The van der Waals surface area contributed by atoms with Crippen LogP contribution in [0.5, 0.6) is 0 Å². The number of ketones is 2. The van der Waals surface area contributed by atoms with Crippen LogP contribution in [0.15, 0.2) is 42.5 Å². The summed E-state index contributed by atoms with van der Waals surface area (Å²) in [5.41, 5.74) is -1.74. The number of hydrogen-bond donors (Lipinski definition) is 1. The van der Waals surface area contributed by atoms with Crippen molar-refractivity contribution in [3.8, 4) is 0 Å². The van der Waals surface area contributed by atoms with Gasteiger partial charge in [-0.3, -0.25) is 14.4 Å². The Bertz CT molecular complexity index is 983. The van der Waals surface area contributed by atoms with Gasteiger partial charge in [0, 0.05) is 5.56 Å². The second-order valence-electron chi connectivity index (χ2n) is 6.50. The van der Waals surface area contributed by atoms with E-state index in [4.69, 9.17) is 4.74 Å². The zero-order chi connectivity index (χ0) is 21.3. The highest BCUT2D eigenvalue weighted by Gasteiger charge is 2.42. The topological polar surface area (TPSA) is 75.8 Å². The molecule has 0 spiro atoms. The first-order chi connectivity index (χ1) is 13.6. The van der Waals surface area contributed by atoms with Crippen LogP contribution < -0.4 is 5.32 Å². The number of alkyl halides is 3. The molecule has 1 amide bonds. The average molecular weight is 409 g/mol. The molecule has 1 N–H and O–H groups in total. The molecule has 152 valence electrons. The van der Waals surface area contributed by atoms with Gasteiger partial charge in [0.2, 0.25) is 0 Å². The number of hydrogen-bond acceptors (Lipinski definition) is 4. The molecule has 2 atom stereocenters. The van der Waals surface area contributed by atoms with E-state index in [0.717, 1.165) is 0 Å². The third kappa shape index (κ3) is 4.51. The second-order valence-corrected chi connectivity index (χ2v) is 6.50. The van der Waals surface area contributed by atoms with Crippen molar-refractivity contribution < 1.29 is 36.7 Å². The molecule has 1 aliphatic heterocycles. The third-order valence-electron chi connectivity index (χ3n) is 4.41. The number of benzene rings is 2. The summed E-state index contributed by atoms with van der Waals surface area (Å²) in [6, 6.07) is 6.07. The van der Waals surface area contributed by atoms with Gasteiger partial charge in [-0.05, 0) is 30.7 Å². The predicted molar refractivity (Wildman–Crippen MR) is 92.9 cm³/mol. The highest BCUT2D eigenvalue weighted by Crippen LogP contribution is 2.32. The maximum atomic E-state index is 13.3. The lowest BCUT2D eigenvalue weighted by molar-refractivity contribution is -0.138. The van der Waals surface area contributed by atoms with E-state index in [1.54, 1.807) is 25.1 Å². The first-order valence-corrected chi connectivity index (χ1v) is 8.52. The molecule has 2 aromatic carbocycles. The van der Waals surface area contributed by atoms with Crippen molar-refractivity contribution in [2.24, 2.45) is 0 Å². The van der Waals surface area contributed by atoms with Crippen LogP contribution in [0.3, 0.4) is 0 Å². The van der Waals surface area contributed by atoms with Crippen LogP contribution in [-0.2, 0) is 15.7 Å². The quantitative estimate of drug-likeness (QED) is 0.344. The van der Waals surface area contributed by atoms with Crippen LogP contribution >= 0.6 is 0 Å². The number of halogens is 4. The standard InChI is InChI=1S/C20H15F4NO4/c1-10-4-2-3-5-12(10)17(26)16(18(27)15-9-29-15)25-19(28)13-7-6-11(21)8-14(13)20(22,23)24/h2-8,15-16H,9H2,1H3,(H,25,28). The van der Waals surface area contributed by atoms with E-state index >= 15 is 0 Å². The Morgan fingerprint density at radius 2 is 1.76 bits per heavy atom. The fourth-order valence-electron chi connectivity index (χ4n) is 2.83. The van der Waals surface area contributed by atoms with Gasteiger partial charge in [-0.25, -0.2) is 4.39 Å². The Hall–Kier alpha value is -3.07. The third-order valence-corrected chi connectivity index (χ3v) is 4.41. The van der Waals surface area contributed by atoms with Gasteiger partial charge in [0.15, 0.2) is 17.6 Å². The lowest BCUT2D eigenvalue weighted by Crippen LogP contribution is -2.48. The number of amides is 1. The van der Waals surface area contributed by atoms with Gasteiger partial charge in [-0.2, -0.15) is 13.2 Å². The number of ether oxygens (including phenoxy) is 1. The molecule has 1 aliphatic rings. The fourth-order valence-corrected chi connectivity index (χ4v) is 2.83. The summed E-state index contributed by atoms with van der Waals surface area (Å²) in [6.45, 7) is 1.67. The van der Waals surface area contributed by atoms with Gasteiger partial charge < -0.3 is 10.1 Å². The van der Waals surface area contributed by atoms with E-state index in [0.29, 0.717) is 17.7 Å². The minimum atomic E-state index is -5.01. The van der Waals surface area contributed by atoms with Crippen molar-refractivity contribution in [1.29, 1.82) is 0 Å². The van der Waals surface area contributed by atoms with Crippen molar-refractivity contribution in [1.82, 2.24) is 5.32 Å². The first kappa shape index (κ1) is 20.7. The summed E-state index contributed by atoms with van der Waals surface area (Å²) in [7, 11) is 0. The van der Waals surface area contributed by atoms with Crippen molar-refractivity contribution in [2.45, 2.75) is 25.2 Å². The highest BCUT2D eigenvalue weighted by molar-refractivity contribution is 6.18. The molecule has 29 heavy (non-hydrogen) atoms. The molecule has 2 unspecified atom stereocenters. The van der Waals surface area contributed by atoms with E-state index in [2.05, 4.69) is 5.32 Å². The van der Waals surface area contributed by atoms with Gasteiger partial charge in [0.1, 0.15) is 11.9 Å². The molecule has 2 aromatic rings. The van der Waals surface area contributed by atoms with E-state index < -0.39 is 52.7 Å². The number of nitrogens with one attached hydrogen (secondary N) is 1. The SMILES string of the molecule is Cc1ccccc1C(=O)C(NC(=O)c1ccc(F)cc1C(F)(F)F)C(=O)C1CO1. The summed E-state index contributed by atoms with van der Waals surface area (Å²) in [5, 5.41) is 2.07. The van der Waals surface area contributed by atoms with E-state index in [1.165, 1.54) is 6.07 Å². The Morgan fingerprint density at radius 1 is 1.10 bits per heavy atom. The lowest BCUT2D eigenvalue weighted by atomic mass is 9.95. The van der Waals surface area contributed by atoms with Crippen LogP contribution in [0.2, 0.25) is 0 Å². The number of epoxide rings is 1. The van der Waals surface area contributed by atoms with Crippen molar-refractivity contribution in [2.75, 3.05) is 6.61 Å². The summed E-state index contributed by atoms with van der Waals surface area (Å²) in [6.07, 6.45) is -5.92. The summed E-state index contributed by atoms with van der Waals surface area (Å²) < 4.78 is 57.7. The molecule has 0 radical (unpaired) electrons. The maximum absolute atomic E-state index is 13.3. The Morgan fingerprint density at radius 3 is 2.34 bits per heavy atom. The molecule has 5 nitrogen and oxygen atoms in total. The average Bonchev–Trinajstić information content (AvgIpc) is 3.49. The van der Waals surface area contributed by atoms with E-state index in [9.17, 15) is 31.9 Å². The Balaban J connectivity index is 1.95. The molecule has 9 heteroatoms. The summed E-state index contributed by atoms with van der Waals surface area (Å²) in [4.78, 5) is 37.9. The second kappa shape index (κ2) is 7.75. The number of carbonyl (C=O) groups excluding carboxylic acids is 3. The zero-order valence-electron chi connectivity index (χ0n) is 15.0. The van der Waals surface area contributed by atoms with Crippen LogP contribution in [0.1, 0.15) is 31.8 Å². The fraction of sp³-hybridized carbons (Fsp3) is 0.250. The number of aryl methyl sites for hydroxylation is 1. The molecule has 1 heterocycles. The summed E-state index contributed by atoms with van der Waals surface area (Å²) in [5.74, 6) is -4.03. The number of rotatable bonds is 6. The van der Waals surface area contributed by atoms with Crippen molar-refractivity contribution in [3.63, 3.8) is 0 Å². The van der Waals surface area contributed by atoms with E-state index in [-0.39, 0.29) is 18.2 Å². The van der Waals surface area contributed by atoms with Crippen LogP contribution in [0, 0.1) is 12.7 Å². The van der Waals surface area contributed by atoms with Crippen LogP contribution in [-0.4, -0.2) is 36.2 Å². The van der Waals surface area contributed by atoms with Gasteiger partial charge in [-0.1, -0.05) is 24.3 Å². The minimum Gasteiger partial charge on any atom is -0.365 e. The lowest BCUT2D eigenvalue weighted by Gasteiger charge is -2.19. The molecular formula is C20H15F4NO4. The Kier molecular flexibility index (Phi) is 5.52. The van der Waals surface area contributed by atoms with Crippen LogP contribution in [0.4, 0.5) is 17.6 Å². The molecule has 0 saturated carbocycles. The first-order valence-electron chi connectivity index (χ1n) is 8.52. The molecular weight excluding hydrogens is 394 g/mol. The Labute approximate surface area is 162 Å². The van der Waals surface area contributed by atoms with E-state index in [1.807, 2.05) is 0 Å². The van der Waals surface area contributed by atoms with Crippen molar-refractivity contribution in [3.05, 3.63) is 70.5 Å². The largest absolute Gasteiger partial charge is 0.417 e. The monoisotopic (exact) mass is 409 g/mol. The minimum absolute atomic E-state index is 0.0522. The normalized spacial score (nSPS) is 16.8. The van der Waals surface area contributed by atoms with Crippen LogP contribution in [0.25, 0.3) is 0 Å². The van der Waals surface area contributed by atoms with Gasteiger partial charge in [0.25, 0.3) is 5.91 Å². The van der Waals surface area contributed by atoms with Gasteiger partial charge in [-0.15, -0.1) is 0 Å². The molecule has 0 bridgehead atoms. The molecule has 0 aromatic heterocycles. The van der Waals surface area contributed by atoms with Crippen molar-refractivity contribution >= 4 is 17.5 Å². The molecule has 1 saturated heterocycles. The smallest absolute Gasteiger partial charge is 0.365 e. The number of carbonyl (C=O) groups is 3. The predicted octanol–water partition coefficient (Wildman–Crippen LogP) is 3.10. The number of Topliss-reactive ketones (excluding diaryl/α,β-unsaturated/α-hetero) is 2. The summed E-state index contributed by atoms with van der Waals surface area (Å²) >= 11 is 0. The maximum Gasteiger partial charge on any atom is 0.417 e. The van der Waals surface area contributed by atoms with Gasteiger partial charge >= 0.3 is 6.18 Å². The molecule has 3 rings (SSSR count). The molecule has 0 aliphatic carbocycles. The highest BCUT2D eigenvalue weighted by atomic mass is 19.4. The zero-order valence-corrected chi connectivity index (χ0v) is 15.0. The van der Waals surface area contributed by atoms with Gasteiger partial charge in [0.05, 0.1) is 17.7 Å². The molecule has 1 fully saturated rings.